The molecule has 1 fully saturated rings. The van der Waals surface area contributed by atoms with Gasteiger partial charge < -0.3 is 9.42 Å². The van der Waals surface area contributed by atoms with E-state index >= 15 is 0 Å². The molecule has 1 saturated heterocycles. The standard InChI is InChI=1S/C21H21FN4O2/c1-15-4-2-3-5-18(15)20-23-19(28-24-20)14-25-10-12-26(13-11-25)21(27)16-6-8-17(22)9-7-16/h2-9H,10-14H2,1H3. The SMILES string of the molecule is Cc1ccccc1-c1noc(CN2CCN(C(=O)c3ccc(F)cc3)CC2)n1. The van der Waals surface area contributed by atoms with E-state index in [1.165, 1.54) is 24.3 Å². The number of hydrogen-bond donors (Lipinski definition) is 0. The molecule has 1 aliphatic rings. The molecule has 0 bridgehead atoms. The maximum atomic E-state index is 13.0. The Bertz CT molecular complexity index is 963. The Labute approximate surface area is 162 Å². The molecule has 6 nitrogen and oxygen atoms in total. The summed E-state index contributed by atoms with van der Waals surface area (Å²) in [5.41, 5.74) is 2.57. The van der Waals surface area contributed by atoms with Crippen LogP contribution in [0.2, 0.25) is 0 Å². The molecule has 4 rings (SSSR count). The Kier molecular flexibility index (Phi) is 5.16. The molecule has 2 heterocycles. The molecule has 3 aromatic rings. The first-order valence-corrected chi connectivity index (χ1v) is 9.26. The summed E-state index contributed by atoms with van der Waals surface area (Å²) in [5, 5.41) is 4.09. The summed E-state index contributed by atoms with van der Waals surface area (Å²) < 4.78 is 18.4. The highest BCUT2D eigenvalue weighted by atomic mass is 19.1. The van der Waals surface area contributed by atoms with Gasteiger partial charge in [0.05, 0.1) is 6.54 Å². The van der Waals surface area contributed by atoms with Crippen LogP contribution in [0.1, 0.15) is 21.8 Å². The van der Waals surface area contributed by atoms with E-state index in [1.54, 1.807) is 4.90 Å². The van der Waals surface area contributed by atoms with E-state index in [4.69, 9.17) is 4.52 Å². The zero-order chi connectivity index (χ0) is 19.5. The summed E-state index contributed by atoms with van der Waals surface area (Å²) in [6, 6.07) is 13.6. The summed E-state index contributed by atoms with van der Waals surface area (Å²) in [4.78, 5) is 21.0. The predicted octanol–water partition coefficient (Wildman–Crippen LogP) is 3.14. The van der Waals surface area contributed by atoms with Gasteiger partial charge in [0.15, 0.2) is 0 Å². The fourth-order valence-electron chi connectivity index (χ4n) is 3.33. The van der Waals surface area contributed by atoms with Gasteiger partial charge in [-0.3, -0.25) is 9.69 Å². The molecule has 0 spiro atoms. The molecule has 144 valence electrons. The third kappa shape index (κ3) is 3.94. The van der Waals surface area contributed by atoms with Gasteiger partial charge in [-0.05, 0) is 36.8 Å². The van der Waals surface area contributed by atoms with Crippen LogP contribution in [0.3, 0.4) is 0 Å². The van der Waals surface area contributed by atoms with Crippen molar-refractivity contribution >= 4 is 5.91 Å². The lowest BCUT2D eigenvalue weighted by molar-refractivity contribution is 0.0615. The molecule has 28 heavy (non-hydrogen) atoms. The smallest absolute Gasteiger partial charge is 0.253 e. The predicted molar refractivity (Wildman–Crippen MR) is 102 cm³/mol. The van der Waals surface area contributed by atoms with Gasteiger partial charge in [0.2, 0.25) is 11.7 Å². The number of rotatable bonds is 4. The van der Waals surface area contributed by atoms with Crippen LogP contribution in [0.25, 0.3) is 11.4 Å². The second-order valence-corrected chi connectivity index (χ2v) is 6.90. The Morgan fingerprint density at radius 1 is 1.07 bits per heavy atom. The van der Waals surface area contributed by atoms with Gasteiger partial charge in [-0.15, -0.1) is 0 Å². The molecule has 0 radical (unpaired) electrons. The van der Waals surface area contributed by atoms with Gasteiger partial charge in [0, 0.05) is 37.3 Å². The average Bonchev–Trinajstić information content (AvgIpc) is 3.17. The molecule has 1 amide bonds. The van der Waals surface area contributed by atoms with Gasteiger partial charge in [0.1, 0.15) is 5.82 Å². The van der Waals surface area contributed by atoms with E-state index in [1.807, 2.05) is 31.2 Å². The molecule has 7 heteroatoms. The third-order valence-corrected chi connectivity index (χ3v) is 4.96. The Morgan fingerprint density at radius 2 is 1.79 bits per heavy atom. The van der Waals surface area contributed by atoms with E-state index < -0.39 is 0 Å². The molecule has 0 unspecified atom stereocenters. The van der Waals surface area contributed by atoms with Crippen molar-refractivity contribution in [2.24, 2.45) is 0 Å². The monoisotopic (exact) mass is 380 g/mol. The summed E-state index contributed by atoms with van der Waals surface area (Å²) in [6.07, 6.45) is 0. The van der Waals surface area contributed by atoms with E-state index in [0.717, 1.165) is 24.2 Å². The molecule has 1 aromatic heterocycles. The fourth-order valence-corrected chi connectivity index (χ4v) is 3.33. The molecule has 0 saturated carbocycles. The van der Waals surface area contributed by atoms with Gasteiger partial charge in [-0.25, -0.2) is 4.39 Å². The number of aromatic nitrogens is 2. The van der Waals surface area contributed by atoms with Crippen LogP contribution in [-0.4, -0.2) is 52.0 Å². The van der Waals surface area contributed by atoms with Gasteiger partial charge in [0.25, 0.3) is 5.91 Å². The Hall–Kier alpha value is -3.06. The van der Waals surface area contributed by atoms with E-state index in [0.29, 0.717) is 36.9 Å². The van der Waals surface area contributed by atoms with Crippen LogP contribution in [0, 0.1) is 12.7 Å². The molecular formula is C21H21FN4O2. The Morgan fingerprint density at radius 3 is 2.50 bits per heavy atom. The fraction of sp³-hybridized carbons (Fsp3) is 0.286. The lowest BCUT2D eigenvalue weighted by Gasteiger charge is -2.34. The van der Waals surface area contributed by atoms with Crippen LogP contribution >= 0.6 is 0 Å². The lowest BCUT2D eigenvalue weighted by atomic mass is 10.1. The van der Waals surface area contributed by atoms with Crippen molar-refractivity contribution in [3.8, 4) is 11.4 Å². The van der Waals surface area contributed by atoms with Gasteiger partial charge >= 0.3 is 0 Å². The number of hydrogen-bond acceptors (Lipinski definition) is 5. The minimum Gasteiger partial charge on any atom is -0.338 e. The summed E-state index contributed by atoms with van der Waals surface area (Å²) in [5.74, 6) is 0.750. The first kappa shape index (κ1) is 18.3. The summed E-state index contributed by atoms with van der Waals surface area (Å²) in [7, 11) is 0. The number of carbonyl (C=O) groups is 1. The molecule has 0 atom stereocenters. The number of benzene rings is 2. The van der Waals surface area contributed by atoms with Crippen molar-refractivity contribution in [3.63, 3.8) is 0 Å². The highest BCUT2D eigenvalue weighted by Crippen LogP contribution is 2.20. The van der Waals surface area contributed by atoms with Crippen molar-refractivity contribution < 1.29 is 13.7 Å². The minimum absolute atomic E-state index is 0.0701. The minimum atomic E-state index is -0.342. The van der Waals surface area contributed by atoms with Crippen LogP contribution in [-0.2, 0) is 6.54 Å². The topological polar surface area (TPSA) is 62.5 Å². The number of nitrogens with zero attached hydrogens (tertiary/aromatic N) is 4. The summed E-state index contributed by atoms with van der Waals surface area (Å²) in [6.45, 7) is 5.22. The maximum absolute atomic E-state index is 13.0. The third-order valence-electron chi connectivity index (χ3n) is 4.96. The zero-order valence-electron chi connectivity index (χ0n) is 15.6. The van der Waals surface area contributed by atoms with Crippen molar-refractivity contribution in [3.05, 3.63) is 71.4 Å². The number of carbonyl (C=O) groups excluding carboxylic acids is 1. The number of piperazine rings is 1. The van der Waals surface area contributed by atoms with Crippen LogP contribution < -0.4 is 0 Å². The first-order valence-electron chi connectivity index (χ1n) is 9.26. The number of aryl methyl sites for hydroxylation is 1. The van der Waals surface area contributed by atoms with E-state index in [-0.39, 0.29) is 11.7 Å². The zero-order valence-corrected chi connectivity index (χ0v) is 15.6. The van der Waals surface area contributed by atoms with Crippen molar-refractivity contribution in [1.82, 2.24) is 19.9 Å². The molecule has 2 aromatic carbocycles. The van der Waals surface area contributed by atoms with Crippen LogP contribution in [0.5, 0.6) is 0 Å². The van der Waals surface area contributed by atoms with Crippen molar-refractivity contribution in [2.45, 2.75) is 13.5 Å². The normalized spacial score (nSPS) is 15.0. The van der Waals surface area contributed by atoms with Gasteiger partial charge in [-0.1, -0.05) is 29.4 Å². The second-order valence-electron chi connectivity index (χ2n) is 6.90. The van der Waals surface area contributed by atoms with E-state index in [2.05, 4.69) is 15.0 Å². The van der Waals surface area contributed by atoms with Crippen LogP contribution in [0.15, 0.2) is 53.1 Å². The average molecular weight is 380 g/mol. The molecule has 0 aliphatic carbocycles. The number of amides is 1. The highest BCUT2D eigenvalue weighted by molar-refractivity contribution is 5.94. The van der Waals surface area contributed by atoms with Crippen molar-refractivity contribution in [2.75, 3.05) is 26.2 Å². The quantitative estimate of drug-likeness (QED) is 0.696. The highest BCUT2D eigenvalue weighted by Gasteiger charge is 2.23. The summed E-state index contributed by atoms with van der Waals surface area (Å²) >= 11 is 0. The first-order chi connectivity index (χ1) is 13.6. The maximum Gasteiger partial charge on any atom is 0.253 e. The lowest BCUT2D eigenvalue weighted by Crippen LogP contribution is -2.48. The number of halogens is 1. The molecule has 0 N–H and O–H groups in total. The van der Waals surface area contributed by atoms with E-state index in [9.17, 15) is 9.18 Å². The molecule has 1 aliphatic heterocycles. The largest absolute Gasteiger partial charge is 0.338 e. The second kappa shape index (κ2) is 7.90. The Balaban J connectivity index is 1.34. The molecular weight excluding hydrogens is 359 g/mol. The van der Waals surface area contributed by atoms with Crippen LogP contribution in [0.4, 0.5) is 4.39 Å². The van der Waals surface area contributed by atoms with Crippen molar-refractivity contribution in [1.29, 1.82) is 0 Å². The van der Waals surface area contributed by atoms with Gasteiger partial charge in [-0.2, -0.15) is 4.98 Å².